The van der Waals surface area contributed by atoms with Crippen LogP contribution in [0.1, 0.15) is 56.1 Å². The second kappa shape index (κ2) is 7.71. The van der Waals surface area contributed by atoms with E-state index in [1.807, 2.05) is 51.2 Å². The van der Waals surface area contributed by atoms with E-state index in [2.05, 4.69) is 20.1 Å². The number of hydrogen-bond donors (Lipinski definition) is 1. The largest absolute Gasteiger partial charge is 0.319 e. The third-order valence-corrected chi connectivity index (χ3v) is 7.06. The molecule has 1 atom stereocenters. The first kappa shape index (κ1) is 20.1. The maximum atomic E-state index is 13.1. The van der Waals surface area contributed by atoms with Gasteiger partial charge >= 0.3 is 0 Å². The minimum Gasteiger partial charge on any atom is -0.319 e. The Balaban J connectivity index is 1.36. The molecule has 0 radical (unpaired) electrons. The van der Waals surface area contributed by atoms with E-state index < -0.39 is 5.25 Å². The van der Waals surface area contributed by atoms with Crippen LogP contribution in [0, 0.1) is 6.92 Å². The first-order valence-electron chi connectivity index (χ1n) is 10.7. The maximum absolute atomic E-state index is 13.1. The Hall–Kier alpha value is -2.81. The molecule has 0 unspecified atom stereocenters. The average Bonchev–Trinajstić information content (AvgIpc) is 3.70. The van der Waals surface area contributed by atoms with E-state index in [1.54, 1.807) is 9.36 Å². The van der Waals surface area contributed by atoms with Crippen molar-refractivity contribution in [3.8, 4) is 5.69 Å². The standard InChI is InChI=1S/C22H26N6O2S/c1-13-18(21(30)28(26(13)3)17-7-5-4-6-8-17)23-20(29)14(2)31-22-25-24-19(15-9-10-15)27(22)16-11-12-16/h4-8,14-16H,9-12H2,1-3H3,(H,23,29)/t14-/m1/s1. The van der Waals surface area contributed by atoms with Gasteiger partial charge in [-0.1, -0.05) is 30.0 Å². The monoisotopic (exact) mass is 438 g/mol. The topological polar surface area (TPSA) is 86.7 Å². The number of rotatable bonds is 7. The van der Waals surface area contributed by atoms with Crippen LogP contribution in [0.4, 0.5) is 5.69 Å². The lowest BCUT2D eigenvalue weighted by molar-refractivity contribution is -0.115. The van der Waals surface area contributed by atoms with Crippen LogP contribution in [-0.2, 0) is 11.8 Å². The summed E-state index contributed by atoms with van der Waals surface area (Å²) < 4.78 is 5.56. The minimum absolute atomic E-state index is 0.214. The number of thioether (sulfide) groups is 1. The molecule has 2 aromatic heterocycles. The lowest BCUT2D eigenvalue weighted by atomic mass is 10.3. The summed E-state index contributed by atoms with van der Waals surface area (Å²) in [5.41, 5.74) is 1.53. The van der Waals surface area contributed by atoms with Gasteiger partial charge in [-0.05, 0) is 51.7 Å². The summed E-state index contributed by atoms with van der Waals surface area (Å²) in [6, 6.07) is 9.87. The lowest BCUT2D eigenvalue weighted by Gasteiger charge is -2.13. The molecule has 0 spiro atoms. The molecule has 162 valence electrons. The molecule has 2 saturated carbocycles. The van der Waals surface area contributed by atoms with Crippen LogP contribution in [0.3, 0.4) is 0 Å². The second-order valence-corrected chi connectivity index (χ2v) is 9.71. The van der Waals surface area contributed by atoms with Gasteiger partial charge in [0.15, 0.2) is 5.16 Å². The van der Waals surface area contributed by atoms with Crippen molar-refractivity contribution in [1.82, 2.24) is 24.1 Å². The fourth-order valence-corrected chi connectivity index (χ4v) is 4.74. The number of para-hydroxylation sites is 1. The molecule has 2 heterocycles. The molecule has 8 nitrogen and oxygen atoms in total. The Morgan fingerprint density at radius 2 is 1.87 bits per heavy atom. The van der Waals surface area contributed by atoms with E-state index in [4.69, 9.17) is 0 Å². The highest BCUT2D eigenvalue weighted by atomic mass is 32.2. The van der Waals surface area contributed by atoms with Gasteiger partial charge in [-0.15, -0.1) is 10.2 Å². The molecule has 5 rings (SSSR count). The molecule has 0 saturated heterocycles. The predicted molar refractivity (Wildman–Crippen MR) is 120 cm³/mol. The zero-order valence-corrected chi connectivity index (χ0v) is 18.7. The predicted octanol–water partition coefficient (Wildman–Crippen LogP) is 3.41. The van der Waals surface area contributed by atoms with Gasteiger partial charge in [0.05, 0.1) is 16.6 Å². The van der Waals surface area contributed by atoms with E-state index in [1.165, 1.54) is 24.6 Å². The summed E-state index contributed by atoms with van der Waals surface area (Å²) in [5.74, 6) is 1.38. The third-order valence-electron chi connectivity index (χ3n) is 6.00. The van der Waals surface area contributed by atoms with Crippen LogP contribution in [-0.4, -0.2) is 35.3 Å². The molecule has 1 N–H and O–H groups in total. The molecule has 9 heteroatoms. The van der Waals surface area contributed by atoms with Gasteiger partial charge in [-0.3, -0.25) is 14.3 Å². The molecule has 1 aromatic carbocycles. The highest BCUT2D eigenvalue weighted by molar-refractivity contribution is 8.00. The Bertz CT molecular complexity index is 1190. The van der Waals surface area contributed by atoms with Gasteiger partial charge in [0, 0.05) is 19.0 Å². The van der Waals surface area contributed by atoms with Crippen molar-refractivity contribution in [3.05, 3.63) is 52.2 Å². The Labute approximate surface area is 184 Å². The van der Waals surface area contributed by atoms with Crippen LogP contribution >= 0.6 is 11.8 Å². The number of carbonyl (C=O) groups is 1. The Kier molecular flexibility index (Phi) is 5.00. The van der Waals surface area contributed by atoms with E-state index in [0.717, 1.165) is 29.5 Å². The van der Waals surface area contributed by atoms with Gasteiger partial charge in [-0.2, -0.15) is 0 Å². The molecular weight excluding hydrogens is 412 g/mol. The van der Waals surface area contributed by atoms with E-state index in [0.29, 0.717) is 23.3 Å². The van der Waals surface area contributed by atoms with Crippen molar-refractivity contribution in [2.45, 2.75) is 61.9 Å². The second-order valence-electron chi connectivity index (χ2n) is 8.40. The lowest BCUT2D eigenvalue weighted by Crippen LogP contribution is -2.27. The number of anilines is 1. The summed E-state index contributed by atoms with van der Waals surface area (Å²) in [4.78, 5) is 26.0. The SMILES string of the molecule is Cc1c(NC(=O)[C@@H](C)Sc2nnc(C3CC3)n2C2CC2)c(=O)n(-c2ccccc2)n1C. The molecule has 2 fully saturated rings. The molecule has 3 aromatic rings. The highest BCUT2D eigenvalue weighted by Gasteiger charge is 2.37. The molecular formula is C22H26N6O2S. The highest BCUT2D eigenvalue weighted by Crippen LogP contribution is 2.46. The quantitative estimate of drug-likeness (QED) is 0.571. The molecule has 2 aliphatic carbocycles. The van der Waals surface area contributed by atoms with Crippen LogP contribution < -0.4 is 10.9 Å². The van der Waals surface area contributed by atoms with Gasteiger partial charge in [0.1, 0.15) is 11.5 Å². The first-order valence-corrected chi connectivity index (χ1v) is 11.6. The van der Waals surface area contributed by atoms with E-state index >= 15 is 0 Å². The van der Waals surface area contributed by atoms with Crippen LogP contribution in [0.2, 0.25) is 0 Å². The number of nitrogens with one attached hydrogen (secondary N) is 1. The molecule has 0 bridgehead atoms. The summed E-state index contributed by atoms with van der Waals surface area (Å²) in [6.07, 6.45) is 4.64. The van der Waals surface area contributed by atoms with Gasteiger partial charge in [-0.25, -0.2) is 4.68 Å². The van der Waals surface area contributed by atoms with Crippen molar-refractivity contribution >= 4 is 23.4 Å². The number of nitrogens with zero attached hydrogens (tertiary/aromatic N) is 5. The molecule has 0 aliphatic heterocycles. The number of hydrogen-bond acceptors (Lipinski definition) is 5. The minimum atomic E-state index is -0.405. The number of carbonyl (C=O) groups excluding carboxylic acids is 1. The van der Waals surface area contributed by atoms with Crippen molar-refractivity contribution in [2.24, 2.45) is 7.05 Å². The Morgan fingerprint density at radius 3 is 2.52 bits per heavy atom. The van der Waals surface area contributed by atoms with Crippen LogP contribution in [0.15, 0.2) is 40.3 Å². The van der Waals surface area contributed by atoms with Gasteiger partial charge in [0.25, 0.3) is 5.56 Å². The Morgan fingerprint density at radius 1 is 1.16 bits per heavy atom. The van der Waals surface area contributed by atoms with Crippen molar-refractivity contribution < 1.29 is 4.79 Å². The molecule has 31 heavy (non-hydrogen) atoms. The summed E-state index contributed by atoms with van der Waals surface area (Å²) in [6.45, 7) is 3.68. The van der Waals surface area contributed by atoms with Crippen LogP contribution in [0.5, 0.6) is 0 Å². The fourth-order valence-electron chi connectivity index (χ4n) is 3.81. The molecule has 2 aliphatic rings. The summed E-state index contributed by atoms with van der Waals surface area (Å²) in [7, 11) is 1.81. The maximum Gasteiger partial charge on any atom is 0.295 e. The number of aromatic nitrogens is 5. The first-order chi connectivity index (χ1) is 15.0. The zero-order valence-electron chi connectivity index (χ0n) is 17.9. The fraction of sp³-hybridized carbons (Fsp3) is 0.455. The summed E-state index contributed by atoms with van der Waals surface area (Å²) in [5, 5.41) is 12.1. The third kappa shape index (κ3) is 3.71. The average molecular weight is 439 g/mol. The molecule has 1 amide bonds. The smallest absolute Gasteiger partial charge is 0.295 e. The van der Waals surface area contributed by atoms with Crippen LogP contribution in [0.25, 0.3) is 5.69 Å². The number of amides is 1. The van der Waals surface area contributed by atoms with Crippen molar-refractivity contribution in [2.75, 3.05) is 5.32 Å². The number of benzene rings is 1. The van der Waals surface area contributed by atoms with Crippen molar-refractivity contribution in [1.29, 1.82) is 0 Å². The van der Waals surface area contributed by atoms with Gasteiger partial charge < -0.3 is 9.88 Å². The van der Waals surface area contributed by atoms with Gasteiger partial charge in [0.2, 0.25) is 5.91 Å². The summed E-state index contributed by atoms with van der Waals surface area (Å²) >= 11 is 1.41. The van der Waals surface area contributed by atoms with E-state index in [9.17, 15) is 9.59 Å². The normalized spacial score (nSPS) is 17.0. The zero-order chi connectivity index (χ0) is 21.7. The van der Waals surface area contributed by atoms with Crippen molar-refractivity contribution in [3.63, 3.8) is 0 Å². The van der Waals surface area contributed by atoms with E-state index in [-0.39, 0.29) is 11.5 Å².